The number of nitrogens with one attached hydrogen (secondary N) is 1. The average molecular weight is 269 g/mol. The third kappa shape index (κ3) is 3.85. The van der Waals surface area contributed by atoms with Crippen molar-refractivity contribution < 1.29 is 9.53 Å². The molecule has 0 saturated heterocycles. The topological polar surface area (TPSA) is 38.3 Å². The molecule has 0 atom stereocenters. The van der Waals surface area contributed by atoms with Crippen molar-refractivity contribution in [3.05, 3.63) is 59.7 Å². The first-order valence-electron chi connectivity index (χ1n) is 6.76. The van der Waals surface area contributed by atoms with Crippen LogP contribution in [0.25, 0.3) is 0 Å². The van der Waals surface area contributed by atoms with Gasteiger partial charge in [0.15, 0.2) is 6.61 Å². The van der Waals surface area contributed by atoms with Gasteiger partial charge in [-0.25, -0.2) is 0 Å². The predicted octanol–water partition coefficient (Wildman–Crippen LogP) is 3.57. The van der Waals surface area contributed by atoms with E-state index in [1.54, 1.807) is 0 Å². The van der Waals surface area contributed by atoms with Crippen molar-refractivity contribution in [1.29, 1.82) is 0 Å². The van der Waals surface area contributed by atoms with Gasteiger partial charge in [-0.2, -0.15) is 0 Å². The van der Waals surface area contributed by atoms with E-state index in [0.29, 0.717) is 0 Å². The van der Waals surface area contributed by atoms with E-state index in [1.807, 2.05) is 55.5 Å². The SMILES string of the molecule is CCc1cccc(OCC(=O)Nc2ccccc2C)c1. The lowest BCUT2D eigenvalue weighted by atomic mass is 10.2. The molecule has 3 nitrogen and oxygen atoms in total. The highest BCUT2D eigenvalue weighted by molar-refractivity contribution is 5.92. The number of carbonyl (C=O) groups is 1. The molecule has 0 bridgehead atoms. The standard InChI is InChI=1S/C17H19NO2/c1-3-14-8-6-9-15(11-14)20-12-17(19)18-16-10-5-4-7-13(16)2/h4-11H,3,12H2,1-2H3,(H,18,19). The first-order chi connectivity index (χ1) is 9.69. The molecule has 3 heteroatoms. The molecule has 2 aromatic rings. The first kappa shape index (κ1) is 14.1. The molecule has 0 fully saturated rings. The Morgan fingerprint density at radius 1 is 1.15 bits per heavy atom. The molecule has 1 amide bonds. The van der Waals surface area contributed by atoms with E-state index in [4.69, 9.17) is 4.74 Å². The summed E-state index contributed by atoms with van der Waals surface area (Å²) in [5.41, 5.74) is 3.05. The van der Waals surface area contributed by atoms with Gasteiger partial charge in [0, 0.05) is 5.69 Å². The third-order valence-corrected chi connectivity index (χ3v) is 3.10. The zero-order valence-electron chi connectivity index (χ0n) is 11.8. The number of aryl methyl sites for hydroxylation is 2. The predicted molar refractivity (Wildman–Crippen MR) is 81.1 cm³/mol. The molecule has 0 aliphatic rings. The maximum absolute atomic E-state index is 11.9. The van der Waals surface area contributed by atoms with Crippen LogP contribution in [0, 0.1) is 6.92 Å². The Labute approximate surface area is 119 Å². The van der Waals surface area contributed by atoms with E-state index in [0.717, 1.165) is 23.4 Å². The normalized spacial score (nSPS) is 10.1. The van der Waals surface area contributed by atoms with Crippen LogP contribution in [0.3, 0.4) is 0 Å². The van der Waals surface area contributed by atoms with Crippen molar-refractivity contribution in [2.45, 2.75) is 20.3 Å². The molecular weight excluding hydrogens is 250 g/mol. The minimum Gasteiger partial charge on any atom is -0.484 e. The summed E-state index contributed by atoms with van der Waals surface area (Å²) in [6, 6.07) is 15.5. The third-order valence-electron chi connectivity index (χ3n) is 3.10. The van der Waals surface area contributed by atoms with Crippen molar-refractivity contribution >= 4 is 11.6 Å². The van der Waals surface area contributed by atoms with E-state index >= 15 is 0 Å². The summed E-state index contributed by atoms with van der Waals surface area (Å²) in [4.78, 5) is 11.9. The lowest BCUT2D eigenvalue weighted by molar-refractivity contribution is -0.118. The summed E-state index contributed by atoms with van der Waals surface area (Å²) >= 11 is 0. The molecule has 0 spiro atoms. The fourth-order valence-electron chi connectivity index (χ4n) is 1.90. The Hall–Kier alpha value is -2.29. The molecule has 0 unspecified atom stereocenters. The molecule has 0 aliphatic carbocycles. The van der Waals surface area contributed by atoms with Gasteiger partial charge in [-0.1, -0.05) is 37.3 Å². The van der Waals surface area contributed by atoms with Crippen LogP contribution < -0.4 is 10.1 Å². The van der Waals surface area contributed by atoms with Crippen molar-refractivity contribution in [2.75, 3.05) is 11.9 Å². The van der Waals surface area contributed by atoms with Crippen molar-refractivity contribution in [1.82, 2.24) is 0 Å². The van der Waals surface area contributed by atoms with E-state index in [9.17, 15) is 4.79 Å². The van der Waals surface area contributed by atoms with E-state index in [-0.39, 0.29) is 12.5 Å². The molecule has 0 saturated carbocycles. The number of hydrogen-bond acceptors (Lipinski definition) is 2. The van der Waals surface area contributed by atoms with Gasteiger partial charge in [-0.3, -0.25) is 4.79 Å². The number of hydrogen-bond donors (Lipinski definition) is 1. The van der Waals surface area contributed by atoms with Gasteiger partial charge in [0.1, 0.15) is 5.75 Å². The van der Waals surface area contributed by atoms with Crippen LogP contribution in [0.4, 0.5) is 5.69 Å². The monoisotopic (exact) mass is 269 g/mol. The Balaban J connectivity index is 1.90. The van der Waals surface area contributed by atoms with Gasteiger partial charge in [-0.15, -0.1) is 0 Å². The maximum atomic E-state index is 11.9. The summed E-state index contributed by atoms with van der Waals surface area (Å²) < 4.78 is 5.51. The highest BCUT2D eigenvalue weighted by Crippen LogP contribution is 2.15. The lowest BCUT2D eigenvalue weighted by Crippen LogP contribution is -2.20. The smallest absolute Gasteiger partial charge is 0.262 e. The Kier molecular flexibility index (Phi) is 4.77. The summed E-state index contributed by atoms with van der Waals surface area (Å²) in [6.07, 6.45) is 0.951. The minimum atomic E-state index is -0.152. The van der Waals surface area contributed by atoms with Gasteiger partial charge in [0.25, 0.3) is 5.91 Å². The van der Waals surface area contributed by atoms with Crippen LogP contribution >= 0.6 is 0 Å². The quantitative estimate of drug-likeness (QED) is 0.901. The van der Waals surface area contributed by atoms with Gasteiger partial charge < -0.3 is 10.1 Å². The van der Waals surface area contributed by atoms with Crippen LogP contribution in [0.15, 0.2) is 48.5 Å². The number of para-hydroxylation sites is 1. The second-order valence-electron chi connectivity index (χ2n) is 4.65. The zero-order chi connectivity index (χ0) is 14.4. The van der Waals surface area contributed by atoms with Crippen molar-refractivity contribution in [3.63, 3.8) is 0 Å². The summed E-state index contributed by atoms with van der Waals surface area (Å²) in [5.74, 6) is 0.575. The zero-order valence-corrected chi connectivity index (χ0v) is 11.8. The van der Waals surface area contributed by atoms with E-state index in [1.165, 1.54) is 5.56 Å². The lowest BCUT2D eigenvalue weighted by Gasteiger charge is -2.10. The minimum absolute atomic E-state index is 0.0154. The molecule has 0 radical (unpaired) electrons. The number of amides is 1. The van der Waals surface area contributed by atoms with Crippen LogP contribution in [0.2, 0.25) is 0 Å². The fourth-order valence-corrected chi connectivity index (χ4v) is 1.90. The maximum Gasteiger partial charge on any atom is 0.262 e. The van der Waals surface area contributed by atoms with Gasteiger partial charge in [-0.05, 0) is 42.7 Å². The summed E-state index contributed by atoms with van der Waals surface area (Å²) in [6.45, 7) is 4.06. The molecule has 20 heavy (non-hydrogen) atoms. The Bertz CT molecular complexity index is 593. The summed E-state index contributed by atoms with van der Waals surface area (Å²) in [5, 5.41) is 2.85. The van der Waals surface area contributed by atoms with Gasteiger partial charge in [0.05, 0.1) is 0 Å². The summed E-state index contributed by atoms with van der Waals surface area (Å²) in [7, 11) is 0. The van der Waals surface area contributed by atoms with Gasteiger partial charge >= 0.3 is 0 Å². The molecule has 0 aliphatic heterocycles. The number of carbonyl (C=O) groups excluding carboxylic acids is 1. The fraction of sp³-hybridized carbons (Fsp3) is 0.235. The van der Waals surface area contributed by atoms with Crippen LogP contribution in [-0.4, -0.2) is 12.5 Å². The molecule has 2 rings (SSSR count). The van der Waals surface area contributed by atoms with Crippen molar-refractivity contribution in [3.8, 4) is 5.75 Å². The van der Waals surface area contributed by atoms with Crippen LogP contribution in [0.5, 0.6) is 5.75 Å². The van der Waals surface area contributed by atoms with E-state index < -0.39 is 0 Å². The number of ether oxygens (including phenoxy) is 1. The highest BCUT2D eigenvalue weighted by atomic mass is 16.5. The molecule has 0 heterocycles. The second kappa shape index (κ2) is 6.75. The second-order valence-corrected chi connectivity index (χ2v) is 4.65. The molecule has 104 valence electrons. The number of anilines is 1. The largest absolute Gasteiger partial charge is 0.484 e. The average Bonchev–Trinajstić information content (AvgIpc) is 2.48. The van der Waals surface area contributed by atoms with Crippen LogP contribution in [0.1, 0.15) is 18.1 Å². The van der Waals surface area contributed by atoms with Gasteiger partial charge in [0.2, 0.25) is 0 Å². The number of benzene rings is 2. The van der Waals surface area contributed by atoms with Crippen LogP contribution in [-0.2, 0) is 11.2 Å². The highest BCUT2D eigenvalue weighted by Gasteiger charge is 2.05. The van der Waals surface area contributed by atoms with Crippen molar-refractivity contribution in [2.24, 2.45) is 0 Å². The Morgan fingerprint density at radius 3 is 2.70 bits per heavy atom. The first-order valence-corrected chi connectivity index (χ1v) is 6.76. The number of rotatable bonds is 5. The molecule has 2 aromatic carbocycles. The van der Waals surface area contributed by atoms with E-state index in [2.05, 4.69) is 12.2 Å². The Morgan fingerprint density at radius 2 is 1.95 bits per heavy atom. The molecular formula is C17H19NO2. The molecule has 0 aromatic heterocycles. The molecule has 1 N–H and O–H groups in total.